The van der Waals surface area contributed by atoms with Gasteiger partial charge in [-0.3, -0.25) is 4.79 Å². The maximum atomic E-state index is 13.1. The van der Waals surface area contributed by atoms with Crippen molar-refractivity contribution in [2.75, 3.05) is 0 Å². The minimum Gasteiger partial charge on any atom is -0.317 e. The van der Waals surface area contributed by atoms with Gasteiger partial charge in [0.15, 0.2) is 4.96 Å². The Bertz CT molecular complexity index is 1500. The number of nitrogens with zero attached hydrogens (tertiary/aromatic N) is 3. The number of thiazole rings is 1. The molecule has 0 spiro atoms. The van der Waals surface area contributed by atoms with Crippen LogP contribution in [0.5, 0.6) is 0 Å². The third-order valence-electron chi connectivity index (χ3n) is 5.57. The normalized spacial score (nSPS) is 12.5. The van der Waals surface area contributed by atoms with Gasteiger partial charge in [-0.2, -0.15) is 0 Å². The Hall–Kier alpha value is -3.18. The van der Waals surface area contributed by atoms with E-state index in [-0.39, 0.29) is 5.56 Å². The van der Waals surface area contributed by atoms with Crippen LogP contribution in [0.3, 0.4) is 0 Å². The van der Waals surface area contributed by atoms with E-state index in [0.29, 0.717) is 4.53 Å². The minimum absolute atomic E-state index is 0.00410. The molecule has 3 aromatic heterocycles. The van der Waals surface area contributed by atoms with Gasteiger partial charge in [0.25, 0.3) is 5.56 Å². The molecule has 0 saturated heterocycles. The molecule has 3 heterocycles. The fourth-order valence-corrected chi connectivity index (χ4v) is 5.17. The number of rotatable bonds is 2. The van der Waals surface area contributed by atoms with Gasteiger partial charge in [0.2, 0.25) is 0 Å². The Morgan fingerprint density at radius 1 is 0.966 bits per heavy atom. The Kier molecular flexibility index (Phi) is 3.96. The van der Waals surface area contributed by atoms with Crippen molar-refractivity contribution in [3.8, 4) is 5.69 Å². The maximum Gasteiger partial charge on any atom is 0.274 e. The average Bonchev–Trinajstić information content (AvgIpc) is 3.28. The molecule has 0 atom stereocenters. The summed E-state index contributed by atoms with van der Waals surface area (Å²) in [6.07, 6.45) is 2.00. The molecule has 0 fully saturated rings. The molecule has 5 aromatic rings. The first-order valence-corrected chi connectivity index (χ1v) is 10.4. The molecule has 5 rings (SSSR count). The highest BCUT2D eigenvalue weighted by Crippen LogP contribution is 2.26. The van der Waals surface area contributed by atoms with Gasteiger partial charge in [-0.1, -0.05) is 41.7 Å². The molecule has 0 N–H and O–H groups in total. The number of aryl methyl sites for hydroxylation is 3. The van der Waals surface area contributed by atoms with Crippen molar-refractivity contribution in [3.63, 3.8) is 0 Å². The molecule has 4 nitrogen and oxygen atoms in total. The molecule has 0 radical (unpaired) electrons. The molecule has 0 aliphatic carbocycles. The van der Waals surface area contributed by atoms with Crippen LogP contribution in [0.4, 0.5) is 0 Å². The van der Waals surface area contributed by atoms with Crippen LogP contribution in [0.15, 0.2) is 53.3 Å². The van der Waals surface area contributed by atoms with Crippen LogP contribution in [0, 0.1) is 27.7 Å². The summed E-state index contributed by atoms with van der Waals surface area (Å²) in [5.74, 6) is 0. The zero-order chi connectivity index (χ0) is 20.3. The Morgan fingerprint density at radius 3 is 2.45 bits per heavy atom. The summed E-state index contributed by atoms with van der Waals surface area (Å²) in [5.41, 5.74) is 8.77. The lowest BCUT2D eigenvalue weighted by Gasteiger charge is -2.15. The average molecular weight is 400 g/mol. The van der Waals surface area contributed by atoms with Crippen LogP contribution in [0.25, 0.3) is 27.8 Å². The maximum absolute atomic E-state index is 13.1. The molecule has 144 valence electrons. The SMILES string of the molecule is Cc1cccc(C)c1-n1c(C)cc(/C=c2/sc3nc4ccccc4n3c2=O)c1C. The molecular weight excluding hydrogens is 378 g/mol. The van der Waals surface area contributed by atoms with Gasteiger partial charge in [-0.05, 0) is 68.7 Å². The van der Waals surface area contributed by atoms with E-state index in [4.69, 9.17) is 0 Å². The third-order valence-corrected chi connectivity index (χ3v) is 6.53. The highest BCUT2D eigenvalue weighted by Gasteiger charge is 2.15. The molecule has 0 aliphatic heterocycles. The predicted octanol–water partition coefficient (Wildman–Crippen LogP) is 4.48. The van der Waals surface area contributed by atoms with Crippen LogP contribution in [-0.2, 0) is 0 Å². The number of hydrogen-bond donors (Lipinski definition) is 0. The molecule has 0 aliphatic rings. The van der Waals surface area contributed by atoms with E-state index < -0.39 is 0 Å². The zero-order valence-electron chi connectivity index (χ0n) is 16.9. The Balaban J connectivity index is 1.73. The fourth-order valence-electron chi connectivity index (χ4n) is 4.19. The Labute approximate surface area is 172 Å². The molecule has 5 heteroatoms. The number of para-hydroxylation sites is 3. The van der Waals surface area contributed by atoms with Gasteiger partial charge in [-0.25, -0.2) is 9.38 Å². The van der Waals surface area contributed by atoms with E-state index in [9.17, 15) is 4.79 Å². The van der Waals surface area contributed by atoms with E-state index in [1.54, 1.807) is 4.40 Å². The van der Waals surface area contributed by atoms with Gasteiger partial charge in [-0.15, -0.1) is 0 Å². The molecule has 29 heavy (non-hydrogen) atoms. The molecule has 0 unspecified atom stereocenters. The van der Waals surface area contributed by atoms with Gasteiger partial charge in [0, 0.05) is 11.4 Å². The van der Waals surface area contributed by atoms with Crippen molar-refractivity contribution in [2.45, 2.75) is 27.7 Å². The van der Waals surface area contributed by atoms with E-state index in [0.717, 1.165) is 32.9 Å². The number of benzene rings is 2. The van der Waals surface area contributed by atoms with Crippen LogP contribution >= 0.6 is 11.3 Å². The van der Waals surface area contributed by atoms with Gasteiger partial charge < -0.3 is 4.57 Å². The monoisotopic (exact) mass is 399 g/mol. The van der Waals surface area contributed by atoms with Crippen LogP contribution in [-0.4, -0.2) is 14.0 Å². The largest absolute Gasteiger partial charge is 0.317 e. The number of aromatic nitrogens is 3. The van der Waals surface area contributed by atoms with Crippen molar-refractivity contribution in [1.82, 2.24) is 14.0 Å². The summed E-state index contributed by atoms with van der Waals surface area (Å²) in [5, 5.41) is 0. The smallest absolute Gasteiger partial charge is 0.274 e. The number of hydrogen-bond acceptors (Lipinski definition) is 3. The summed E-state index contributed by atoms with van der Waals surface area (Å²) < 4.78 is 4.71. The lowest BCUT2D eigenvalue weighted by Crippen LogP contribution is -2.22. The Morgan fingerprint density at radius 2 is 1.69 bits per heavy atom. The first kappa shape index (κ1) is 17.9. The van der Waals surface area contributed by atoms with Gasteiger partial charge in [0.05, 0.1) is 21.3 Å². The predicted molar refractivity (Wildman–Crippen MR) is 120 cm³/mol. The minimum atomic E-state index is -0.00410. The second-order valence-electron chi connectivity index (χ2n) is 7.54. The fraction of sp³-hybridized carbons (Fsp3) is 0.167. The quantitative estimate of drug-likeness (QED) is 0.439. The van der Waals surface area contributed by atoms with E-state index in [1.807, 2.05) is 30.3 Å². The van der Waals surface area contributed by atoms with Crippen molar-refractivity contribution in [3.05, 3.63) is 91.5 Å². The first-order valence-electron chi connectivity index (χ1n) is 9.63. The van der Waals surface area contributed by atoms with E-state index in [1.165, 1.54) is 28.2 Å². The highest BCUT2D eigenvalue weighted by atomic mass is 32.1. The second kappa shape index (κ2) is 6.42. The lowest BCUT2D eigenvalue weighted by molar-refractivity contribution is 0.943. The van der Waals surface area contributed by atoms with Crippen LogP contribution in [0.1, 0.15) is 28.1 Å². The summed E-state index contributed by atoms with van der Waals surface area (Å²) in [6, 6.07) is 16.3. The van der Waals surface area contributed by atoms with E-state index in [2.05, 4.69) is 61.5 Å². The second-order valence-corrected chi connectivity index (χ2v) is 8.55. The third kappa shape index (κ3) is 2.65. The number of imidazole rings is 1. The zero-order valence-corrected chi connectivity index (χ0v) is 17.7. The molecule has 0 saturated carbocycles. The lowest BCUT2D eigenvalue weighted by atomic mass is 10.1. The van der Waals surface area contributed by atoms with Crippen LogP contribution in [0.2, 0.25) is 0 Å². The standard InChI is InChI=1S/C24H21N3OS/c1-14-8-7-9-15(2)22(14)26-16(3)12-18(17(26)4)13-21-23(28)27-20-11-6-5-10-19(20)25-24(27)29-21/h5-13H,1-4H3/b21-13+. The van der Waals surface area contributed by atoms with Crippen molar-refractivity contribution >= 4 is 33.4 Å². The number of fused-ring (bicyclic) bond motifs is 3. The summed E-state index contributed by atoms with van der Waals surface area (Å²) in [4.78, 5) is 18.4. The molecule has 2 aromatic carbocycles. The van der Waals surface area contributed by atoms with Crippen molar-refractivity contribution < 1.29 is 0 Å². The summed E-state index contributed by atoms with van der Waals surface area (Å²) in [7, 11) is 0. The molecule has 0 bridgehead atoms. The van der Waals surface area contributed by atoms with Crippen LogP contribution < -0.4 is 10.1 Å². The van der Waals surface area contributed by atoms with Crippen molar-refractivity contribution in [2.24, 2.45) is 0 Å². The molecule has 0 amide bonds. The van der Waals surface area contributed by atoms with E-state index >= 15 is 0 Å². The topological polar surface area (TPSA) is 39.3 Å². The molecular formula is C24H21N3OS. The van der Waals surface area contributed by atoms with Gasteiger partial charge >= 0.3 is 0 Å². The van der Waals surface area contributed by atoms with Crippen molar-refractivity contribution in [1.29, 1.82) is 0 Å². The summed E-state index contributed by atoms with van der Waals surface area (Å²) in [6.45, 7) is 8.51. The highest BCUT2D eigenvalue weighted by molar-refractivity contribution is 7.15. The summed E-state index contributed by atoms with van der Waals surface area (Å²) >= 11 is 1.44. The van der Waals surface area contributed by atoms with Gasteiger partial charge in [0.1, 0.15) is 0 Å². The first-order chi connectivity index (χ1) is 14.0.